The Morgan fingerprint density at radius 1 is 1.33 bits per heavy atom. The van der Waals surface area contributed by atoms with Crippen molar-refractivity contribution in [3.63, 3.8) is 0 Å². The van der Waals surface area contributed by atoms with E-state index in [0.717, 1.165) is 21.6 Å². The normalized spacial score (nSPS) is 10.7. The quantitative estimate of drug-likeness (QED) is 0.589. The lowest BCUT2D eigenvalue weighted by molar-refractivity contribution is -0.383. The molecule has 2 aromatic heterocycles. The van der Waals surface area contributed by atoms with Gasteiger partial charge in [-0.3, -0.25) is 10.1 Å². The number of nitro groups is 1. The number of hydrogen-bond donors (Lipinski definition) is 1. The number of aromatic nitrogens is 2. The van der Waals surface area contributed by atoms with Crippen LogP contribution >= 0.6 is 11.3 Å². The third-order valence-electron chi connectivity index (χ3n) is 3.23. The molecule has 0 aliphatic rings. The fourth-order valence-electron chi connectivity index (χ4n) is 2.13. The van der Waals surface area contributed by atoms with Crippen LogP contribution in [0, 0.1) is 17.0 Å². The first-order valence-electron chi connectivity index (χ1n) is 6.32. The van der Waals surface area contributed by atoms with Gasteiger partial charge in [-0.25, -0.2) is 9.97 Å². The number of nitrogens with one attached hydrogen (secondary N) is 1. The van der Waals surface area contributed by atoms with Crippen molar-refractivity contribution in [2.75, 3.05) is 5.32 Å². The molecule has 0 atom stereocenters. The number of hydrogen-bond acceptors (Lipinski definition) is 6. The van der Waals surface area contributed by atoms with Crippen molar-refractivity contribution in [3.8, 4) is 0 Å². The molecule has 21 heavy (non-hydrogen) atoms. The second-order valence-electron chi connectivity index (χ2n) is 4.50. The van der Waals surface area contributed by atoms with E-state index in [9.17, 15) is 10.1 Å². The number of para-hydroxylation sites is 1. The molecular weight excluding hydrogens is 288 g/mol. The number of rotatable bonds is 4. The maximum absolute atomic E-state index is 11.1. The first-order valence-corrected chi connectivity index (χ1v) is 7.19. The zero-order valence-electron chi connectivity index (χ0n) is 11.2. The lowest BCUT2D eigenvalue weighted by Crippen LogP contribution is -2.01. The molecular formula is C14H12N4O2S. The average molecular weight is 300 g/mol. The highest BCUT2D eigenvalue weighted by atomic mass is 32.1. The lowest BCUT2D eigenvalue weighted by Gasteiger charge is -2.08. The van der Waals surface area contributed by atoms with Crippen LogP contribution in [0.2, 0.25) is 0 Å². The highest BCUT2D eigenvalue weighted by Gasteiger charge is 2.14. The molecule has 0 amide bonds. The van der Waals surface area contributed by atoms with Crippen molar-refractivity contribution >= 4 is 33.6 Å². The number of nitro benzene ring substituents is 1. The van der Waals surface area contributed by atoms with Gasteiger partial charge in [0, 0.05) is 28.2 Å². The van der Waals surface area contributed by atoms with Crippen LogP contribution in [0.4, 0.5) is 11.4 Å². The molecule has 3 rings (SSSR count). The van der Waals surface area contributed by atoms with Gasteiger partial charge in [0.1, 0.15) is 5.52 Å². The number of nitrogens with zero attached hydrogens (tertiary/aromatic N) is 3. The highest BCUT2D eigenvalue weighted by Crippen LogP contribution is 2.29. The van der Waals surface area contributed by atoms with E-state index in [0.29, 0.717) is 12.1 Å². The SMILES string of the molecule is Cc1ncsc1CNc1ccnc2c([N+](=O)[O-])cccc12. The predicted molar refractivity (Wildman–Crippen MR) is 82.6 cm³/mol. The van der Waals surface area contributed by atoms with Crippen molar-refractivity contribution in [2.45, 2.75) is 13.5 Å². The lowest BCUT2D eigenvalue weighted by atomic mass is 10.1. The Morgan fingerprint density at radius 3 is 2.90 bits per heavy atom. The van der Waals surface area contributed by atoms with E-state index in [1.54, 1.807) is 23.6 Å². The first kappa shape index (κ1) is 13.4. The largest absolute Gasteiger partial charge is 0.379 e. The van der Waals surface area contributed by atoms with Gasteiger partial charge in [0.2, 0.25) is 0 Å². The maximum Gasteiger partial charge on any atom is 0.295 e. The summed E-state index contributed by atoms with van der Waals surface area (Å²) in [5.41, 5.74) is 4.05. The molecule has 106 valence electrons. The van der Waals surface area contributed by atoms with Crippen molar-refractivity contribution < 1.29 is 4.92 Å². The third kappa shape index (κ3) is 2.55. The second-order valence-corrected chi connectivity index (χ2v) is 5.44. The summed E-state index contributed by atoms with van der Waals surface area (Å²) < 4.78 is 0. The summed E-state index contributed by atoms with van der Waals surface area (Å²) in [7, 11) is 0. The van der Waals surface area contributed by atoms with Gasteiger partial charge < -0.3 is 5.32 Å². The minimum absolute atomic E-state index is 0.0186. The molecule has 0 unspecified atom stereocenters. The van der Waals surface area contributed by atoms with E-state index in [4.69, 9.17) is 0 Å². The molecule has 0 saturated carbocycles. The molecule has 0 aliphatic carbocycles. The topological polar surface area (TPSA) is 81.0 Å². The maximum atomic E-state index is 11.1. The van der Waals surface area contributed by atoms with E-state index in [2.05, 4.69) is 15.3 Å². The minimum atomic E-state index is -0.410. The Labute approximate surface area is 124 Å². The van der Waals surface area contributed by atoms with E-state index in [-0.39, 0.29) is 5.69 Å². The number of fused-ring (bicyclic) bond motifs is 1. The zero-order chi connectivity index (χ0) is 14.8. The molecule has 7 heteroatoms. The van der Waals surface area contributed by atoms with Crippen LogP contribution in [0.15, 0.2) is 36.0 Å². The number of aryl methyl sites for hydroxylation is 1. The van der Waals surface area contributed by atoms with Gasteiger partial charge >= 0.3 is 0 Å². The van der Waals surface area contributed by atoms with E-state index in [1.807, 2.05) is 24.6 Å². The van der Waals surface area contributed by atoms with Gasteiger partial charge in [0.05, 0.1) is 22.7 Å². The summed E-state index contributed by atoms with van der Waals surface area (Å²) >= 11 is 1.58. The van der Waals surface area contributed by atoms with Crippen molar-refractivity contribution in [1.29, 1.82) is 0 Å². The van der Waals surface area contributed by atoms with Gasteiger partial charge in [0.25, 0.3) is 5.69 Å². The Kier molecular flexibility index (Phi) is 3.49. The molecule has 0 bridgehead atoms. The molecule has 2 heterocycles. The molecule has 0 radical (unpaired) electrons. The molecule has 1 aromatic carbocycles. The standard InChI is InChI=1S/C14H12N4O2S/c1-9-13(21-8-17-9)7-16-11-5-6-15-14-10(11)3-2-4-12(14)18(19)20/h2-6,8H,7H2,1H3,(H,15,16). The molecule has 0 spiro atoms. The fraction of sp³-hybridized carbons (Fsp3) is 0.143. The van der Waals surface area contributed by atoms with E-state index < -0.39 is 4.92 Å². The van der Waals surface area contributed by atoms with E-state index in [1.165, 1.54) is 6.07 Å². The number of anilines is 1. The van der Waals surface area contributed by atoms with Gasteiger partial charge in [0.15, 0.2) is 0 Å². The van der Waals surface area contributed by atoms with Crippen molar-refractivity contribution in [1.82, 2.24) is 9.97 Å². The number of benzene rings is 1. The summed E-state index contributed by atoms with van der Waals surface area (Å²) in [6, 6.07) is 6.79. The summed E-state index contributed by atoms with van der Waals surface area (Å²) in [6.45, 7) is 2.60. The van der Waals surface area contributed by atoms with Gasteiger partial charge in [-0.15, -0.1) is 11.3 Å². The Hall–Kier alpha value is -2.54. The number of pyridine rings is 1. The Balaban J connectivity index is 1.98. The van der Waals surface area contributed by atoms with Crippen LogP contribution in [0.25, 0.3) is 10.9 Å². The summed E-state index contributed by atoms with van der Waals surface area (Å²) in [5.74, 6) is 0. The van der Waals surface area contributed by atoms with Crippen LogP contribution in [0.3, 0.4) is 0 Å². The smallest absolute Gasteiger partial charge is 0.295 e. The minimum Gasteiger partial charge on any atom is -0.379 e. The van der Waals surface area contributed by atoms with E-state index >= 15 is 0 Å². The van der Waals surface area contributed by atoms with Crippen LogP contribution in [-0.2, 0) is 6.54 Å². The molecule has 3 aromatic rings. The molecule has 0 aliphatic heterocycles. The van der Waals surface area contributed by atoms with Crippen LogP contribution < -0.4 is 5.32 Å². The third-order valence-corrected chi connectivity index (χ3v) is 4.17. The summed E-state index contributed by atoms with van der Waals surface area (Å²) in [6.07, 6.45) is 1.58. The monoisotopic (exact) mass is 300 g/mol. The first-order chi connectivity index (χ1) is 10.2. The summed E-state index contributed by atoms with van der Waals surface area (Å²) in [4.78, 5) is 20.1. The molecule has 6 nitrogen and oxygen atoms in total. The predicted octanol–water partition coefficient (Wildman–Crippen LogP) is 3.52. The summed E-state index contributed by atoms with van der Waals surface area (Å²) in [5, 5.41) is 15.1. The van der Waals surface area contributed by atoms with Gasteiger partial charge in [-0.2, -0.15) is 0 Å². The average Bonchev–Trinajstić information content (AvgIpc) is 2.89. The van der Waals surface area contributed by atoms with Gasteiger partial charge in [-0.05, 0) is 13.0 Å². The van der Waals surface area contributed by atoms with Crippen LogP contribution in [-0.4, -0.2) is 14.9 Å². The second kappa shape index (κ2) is 5.45. The zero-order valence-corrected chi connectivity index (χ0v) is 12.1. The molecule has 0 saturated heterocycles. The van der Waals surface area contributed by atoms with Crippen molar-refractivity contribution in [3.05, 3.63) is 56.7 Å². The Bertz CT molecular complexity index is 816. The fourth-order valence-corrected chi connectivity index (χ4v) is 2.85. The molecule has 0 fully saturated rings. The van der Waals surface area contributed by atoms with Crippen molar-refractivity contribution in [2.24, 2.45) is 0 Å². The van der Waals surface area contributed by atoms with Crippen LogP contribution in [0.1, 0.15) is 10.6 Å². The van der Waals surface area contributed by atoms with Crippen LogP contribution in [0.5, 0.6) is 0 Å². The number of non-ortho nitro benzene ring substituents is 1. The molecule has 1 N–H and O–H groups in total. The Morgan fingerprint density at radius 2 is 2.19 bits per heavy atom. The van der Waals surface area contributed by atoms with Gasteiger partial charge in [-0.1, -0.05) is 12.1 Å². The number of thiazole rings is 1. The highest BCUT2D eigenvalue weighted by molar-refractivity contribution is 7.09.